The molecule has 0 heterocycles. The second-order valence-corrected chi connectivity index (χ2v) is 8.17. The molecule has 1 aromatic rings. The van der Waals surface area contributed by atoms with Gasteiger partial charge in [0.1, 0.15) is 0 Å². The van der Waals surface area contributed by atoms with Gasteiger partial charge >= 0.3 is 5.97 Å². The van der Waals surface area contributed by atoms with Gasteiger partial charge in [0, 0.05) is 13.3 Å². The second-order valence-electron chi connectivity index (χ2n) is 5.90. The highest BCUT2D eigenvalue weighted by Gasteiger charge is 2.34. The van der Waals surface area contributed by atoms with Gasteiger partial charge in [0.2, 0.25) is 0 Å². The van der Waals surface area contributed by atoms with Crippen LogP contribution in [-0.4, -0.2) is 36.5 Å². The predicted molar refractivity (Wildman–Crippen MR) is 99.6 cm³/mol. The van der Waals surface area contributed by atoms with Crippen molar-refractivity contribution in [3.8, 4) is 0 Å². The van der Waals surface area contributed by atoms with E-state index in [1.54, 1.807) is 13.8 Å². The van der Waals surface area contributed by atoms with Gasteiger partial charge in [0.25, 0.3) is 0 Å². The van der Waals surface area contributed by atoms with Crippen LogP contribution in [0.3, 0.4) is 0 Å². The summed E-state index contributed by atoms with van der Waals surface area (Å²) in [5.41, 5.74) is 0.134. The lowest BCUT2D eigenvalue weighted by Gasteiger charge is -2.26. The standard InChI is InChI=1S/C19H29O5P/c1-5-19(4,23-15-17-11-8-7-9-12-17)18(21)22-13-10-14-24-25(6-2)16(3)20/h7-9,11-12H,5-6,10,13-15H2,1-4H3. The summed E-state index contributed by atoms with van der Waals surface area (Å²) in [6.07, 6.45) is 1.81. The van der Waals surface area contributed by atoms with Crippen molar-refractivity contribution in [1.82, 2.24) is 0 Å². The maximum Gasteiger partial charge on any atom is 0.338 e. The Morgan fingerprint density at radius 3 is 2.36 bits per heavy atom. The summed E-state index contributed by atoms with van der Waals surface area (Å²) in [5.74, 6) is -0.366. The second kappa shape index (κ2) is 11.3. The minimum absolute atomic E-state index is 0.0855. The van der Waals surface area contributed by atoms with Crippen LogP contribution in [0.25, 0.3) is 0 Å². The van der Waals surface area contributed by atoms with Crippen molar-refractivity contribution in [3.05, 3.63) is 35.9 Å². The Kier molecular flexibility index (Phi) is 9.88. The van der Waals surface area contributed by atoms with Gasteiger partial charge in [-0.05, 0) is 25.1 Å². The molecule has 0 bridgehead atoms. The molecule has 0 amide bonds. The van der Waals surface area contributed by atoms with E-state index in [4.69, 9.17) is 14.0 Å². The first kappa shape index (κ1) is 21.8. The molecular weight excluding hydrogens is 339 g/mol. The number of hydrogen-bond acceptors (Lipinski definition) is 5. The fraction of sp³-hybridized carbons (Fsp3) is 0.579. The third-order valence-corrected chi connectivity index (χ3v) is 5.69. The van der Waals surface area contributed by atoms with E-state index in [0.717, 1.165) is 5.56 Å². The summed E-state index contributed by atoms with van der Waals surface area (Å²) in [6.45, 7) is 8.17. The minimum atomic E-state index is -1.01. The average molecular weight is 368 g/mol. The highest BCUT2D eigenvalue weighted by Crippen LogP contribution is 2.36. The molecule has 2 atom stereocenters. The number of carbonyl (C=O) groups is 2. The molecule has 0 N–H and O–H groups in total. The van der Waals surface area contributed by atoms with Crippen LogP contribution in [0, 0.1) is 0 Å². The Hall–Kier alpha value is -1.29. The van der Waals surface area contributed by atoms with E-state index in [9.17, 15) is 9.59 Å². The Morgan fingerprint density at radius 2 is 1.80 bits per heavy atom. The average Bonchev–Trinajstić information content (AvgIpc) is 2.63. The summed E-state index contributed by atoms with van der Waals surface area (Å²) < 4.78 is 16.7. The van der Waals surface area contributed by atoms with E-state index < -0.39 is 13.7 Å². The summed E-state index contributed by atoms with van der Waals surface area (Å²) in [7, 11) is -1.01. The van der Waals surface area contributed by atoms with Crippen LogP contribution in [-0.2, 0) is 30.2 Å². The first-order valence-electron chi connectivity index (χ1n) is 8.69. The molecule has 0 aromatic heterocycles. The van der Waals surface area contributed by atoms with Crippen molar-refractivity contribution < 1.29 is 23.6 Å². The van der Waals surface area contributed by atoms with Gasteiger partial charge in [0.05, 0.1) is 28.0 Å². The quantitative estimate of drug-likeness (QED) is 0.313. The largest absolute Gasteiger partial charge is 0.463 e. The molecule has 1 rings (SSSR count). The molecule has 0 fully saturated rings. The first-order valence-corrected chi connectivity index (χ1v) is 10.1. The van der Waals surface area contributed by atoms with Gasteiger partial charge in [0.15, 0.2) is 11.1 Å². The van der Waals surface area contributed by atoms with Crippen LogP contribution in [0.5, 0.6) is 0 Å². The summed E-state index contributed by atoms with van der Waals surface area (Å²) in [6, 6.07) is 9.73. The lowest BCUT2D eigenvalue weighted by Crippen LogP contribution is -2.39. The molecule has 0 aliphatic heterocycles. The summed E-state index contributed by atoms with van der Waals surface area (Å²) in [5, 5.41) is 0. The van der Waals surface area contributed by atoms with E-state index in [-0.39, 0.29) is 18.1 Å². The van der Waals surface area contributed by atoms with E-state index in [1.807, 2.05) is 44.2 Å². The zero-order chi connectivity index (χ0) is 18.7. The Bertz CT molecular complexity index is 534. The molecule has 0 radical (unpaired) electrons. The molecule has 0 saturated heterocycles. The maximum atomic E-state index is 12.3. The molecule has 0 aliphatic rings. The first-order chi connectivity index (χ1) is 11.9. The van der Waals surface area contributed by atoms with E-state index >= 15 is 0 Å². The van der Waals surface area contributed by atoms with E-state index in [0.29, 0.717) is 32.2 Å². The van der Waals surface area contributed by atoms with Gasteiger partial charge in [-0.2, -0.15) is 0 Å². The van der Waals surface area contributed by atoms with Crippen molar-refractivity contribution in [2.75, 3.05) is 19.4 Å². The zero-order valence-corrected chi connectivity index (χ0v) is 16.5. The minimum Gasteiger partial charge on any atom is -0.463 e. The normalized spacial score (nSPS) is 14.6. The van der Waals surface area contributed by atoms with Crippen molar-refractivity contribution in [1.29, 1.82) is 0 Å². The number of carbonyl (C=O) groups excluding carboxylic acids is 2. The van der Waals surface area contributed by atoms with E-state index in [1.165, 1.54) is 0 Å². The van der Waals surface area contributed by atoms with Crippen molar-refractivity contribution in [2.24, 2.45) is 0 Å². The fourth-order valence-corrected chi connectivity index (χ4v) is 3.24. The topological polar surface area (TPSA) is 61.8 Å². The Labute approximate surface area is 151 Å². The number of benzene rings is 1. The van der Waals surface area contributed by atoms with Crippen LogP contribution in [0.4, 0.5) is 0 Å². The Morgan fingerprint density at radius 1 is 1.12 bits per heavy atom. The smallest absolute Gasteiger partial charge is 0.338 e. The number of hydrogen-bond donors (Lipinski definition) is 0. The lowest BCUT2D eigenvalue weighted by molar-refractivity contribution is -0.173. The van der Waals surface area contributed by atoms with Gasteiger partial charge < -0.3 is 14.0 Å². The Balaban J connectivity index is 2.36. The molecule has 25 heavy (non-hydrogen) atoms. The number of rotatable bonds is 12. The van der Waals surface area contributed by atoms with Crippen molar-refractivity contribution >= 4 is 19.6 Å². The van der Waals surface area contributed by atoms with E-state index in [2.05, 4.69) is 0 Å². The molecule has 5 nitrogen and oxygen atoms in total. The maximum absolute atomic E-state index is 12.3. The van der Waals surface area contributed by atoms with Gasteiger partial charge in [-0.25, -0.2) is 4.79 Å². The molecule has 1 aromatic carbocycles. The number of ether oxygens (including phenoxy) is 2. The van der Waals surface area contributed by atoms with Crippen LogP contribution >= 0.6 is 8.15 Å². The monoisotopic (exact) mass is 368 g/mol. The highest BCUT2D eigenvalue weighted by molar-refractivity contribution is 7.70. The SMILES string of the molecule is CCP(OCCCOC(=O)C(C)(CC)OCc1ccccc1)C(C)=O. The van der Waals surface area contributed by atoms with Gasteiger partial charge in [-0.3, -0.25) is 4.79 Å². The van der Waals surface area contributed by atoms with Crippen LogP contribution in [0.2, 0.25) is 0 Å². The molecule has 140 valence electrons. The van der Waals surface area contributed by atoms with Crippen LogP contribution in [0.15, 0.2) is 30.3 Å². The predicted octanol–water partition coefficient (Wildman–Crippen LogP) is 4.29. The summed E-state index contributed by atoms with van der Waals surface area (Å²) >= 11 is 0. The lowest BCUT2D eigenvalue weighted by atomic mass is 10.0. The summed E-state index contributed by atoms with van der Waals surface area (Å²) in [4.78, 5) is 23.6. The highest BCUT2D eigenvalue weighted by atomic mass is 31.1. The third-order valence-electron chi connectivity index (χ3n) is 3.91. The van der Waals surface area contributed by atoms with Crippen LogP contribution < -0.4 is 0 Å². The molecule has 0 saturated carbocycles. The molecule has 2 unspecified atom stereocenters. The number of esters is 1. The third kappa shape index (κ3) is 7.64. The van der Waals surface area contributed by atoms with Gasteiger partial charge in [-0.1, -0.05) is 44.2 Å². The molecule has 0 spiro atoms. The molecular formula is C19H29O5P. The van der Waals surface area contributed by atoms with Crippen LogP contribution in [0.1, 0.15) is 46.1 Å². The molecule has 6 heteroatoms. The van der Waals surface area contributed by atoms with Crippen molar-refractivity contribution in [2.45, 2.75) is 52.7 Å². The van der Waals surface area contributed by atoms with Crippen molar-refractivity contribution in [3.63, 3.8) is 0 Å². The zero-order valence-electron chi connectivity index (χ0n) is 15.6. The fourth-order valence-electron chi connectivity index (χ4n) is 2.08. The van der Waals surface area contributed by atoms with Gasteiger partial charge in [-0.15, -0.1) is 0 Å². The molecule has 0 aliphatic carbocycles.